The molecular formula is C21H23F3N2O3. The van der Waals surface area contributed by atoms with Gasteiger partial charge in [0, 0.05) is 5.92 Å². The predicted octanol–water partition coefficient (Wildman–Crippen LogP) is 4.32. The Bertz CT molecular complexity index is 868. The van der Waals surface area contributed by atoms with Crippen molar-refractivity contribution >= 4 is 5.91 Å². The van der Waals surface area contributed by atoms with Crippen molar-refractivity contribution in [2.75, 3.05) is 13.7 Å². The van der Waals surface area contributed by atoms with E-state index < -0.39 is 12.8 Å². The molecule has 1 unspecified atom stereocenters. The molecule has 1 heterocycles. The molecule has 1 saturated carbocycles. The van der Waals surface area contributed by atoms with Crippen molar-refractivity contribution in [3.63, 3.8) is 0 Å². The summed E-state index contributed by atoms with van der Waals surface area (Å²) in [6, 6.07) is 8.53. The van der Waals surface area contributed by atoms with Gasteiger partial charge in [-0.15, -0.1) is 0 Å². The van der Waals surface area contributed by atoms with Crippen molar-refractivity contribution < 1.29 is 27.4 Å². The normalized spacial score (nSPS) is 19.4. The number of carbonyl (C=O) groups is 1. The summed E-state index contributed by atoms with van der Waals surface area (Å²) < 4.78 is 46.5. The number of hydrogen-bond acceptors (Lipinski definition) is 4. The third-order valence-corrected chi connectivity index (χ3v) is 4.94. The number of hydrogen-bond donors (Lipinski definition) is 1. The zero-order chi connectivity index (χ0) is 21.2. The van der Waals surface area contributed by atoms with Crippen LogP contribution in [0.4, 0.5) is 13.2 Å². The molecule has 156 valence electrons. The number of nitrogens with zero attached hydrogens (tertiary/aromatic N) is 1. The van der Waals surface area contributed by atoms with Gasteiger partial charge in [0.05, 0.1) is 25.0 Å². The Morgan fingerprint density at radius 2 is 2.07 bits per heavy atom. The van der Waals surface area contributed by atoms with E-state index in [0.29, 0.717) is 5.69 Å². The molecule has 1 aliphatic rings. The smallest absolute Gasteiger partial charge is 0.422 e. The average Bonchev–Trinajstić information content (AvgIpc) is 3.47. The van der Waals surface area contributed by atoms with Crippen LogP contribution in [-0.4, -0.2) is 30.8 Å². The molecule has 5 nitrogen and oxygen atoms in total. The molecule has 1 fully saturated rings. The van der Waals surface area contributed by atoms with Crippen molar-refractivity contribution in [2.45, 2.75) is 38.4 Å². The van der Waals surface area contributed by atoms with Crippen molar-refractivity contribution in [1.29, 1.82) is 0 Å². The number of aryl methyl sites for hydroxylation is 1. The Morgan fingerprint density at radius 3 is 2.66 bits per heavy atom. The van der Waals surface area contributed by atoms with E-state index in [1.165, 1.54) is 12.3 Å². The molecule has 0 bridgehead atoms. The maximum Gasteiger partial charge on any atom is 0.422 e. The van der Waals surface area contributed by atoms with Gasteiger partial charge >= 0.3 is 6.18 Å². The molecule has 3 atom stereocenters. The number of rotatable bonds is 7. The van der Waals surface area contributed by atoms with Gasteiger partial charge in [-0.25, -0.2) is 0 Å². The second-order valence-electron chi connectivity index (χ2n) is 7.23. The number of pyridine rings is 1. The highest BCUT2D eigenvalue weighted by molar-refractivity contribution is 5.83. The molecular weight excluding hydrogens is 385 g/mol. The zero-order valence-electron chi connectivity index (χ0n) is 16.4. The van der Waals surface area contributed by atoms with E-state index in [9.17, 15) is 18.0 Å². The fourth-order valence-corrected chi connectivity index (χ4v) is 3.28. The number of methoxy groups -OCH3 is 1. The summed E-state index contributed by atoms with van der Waals surface area (Å²) in [6.45, 7) is 2.38. The van der Waals surface area contributed by atoms with E-state index in [1.807, 2.05) is 25.1 Å². The largest absolute Gasteiger partial charge is 0.496 e. The molecule has 0 saturated heterocycles. The molecule has 1 aromatic heterocycles. The molecule has 2 aromatic rings. The van der Waals surface area contributed by atoms with Crippen molar-refractivity contribution in [3.8, 4) is 11.5 Å². The first-order chi connectivity index (χ1) is 13.7. The molecule has 1 amide bonds. The summed E-state index contributed by atoms with van der Waals surface area (Å²) in [7, 11) is 1.62. The minimum absolute atomic E-state index is 0.0294. The number of carbonyl (C=O) groups excluding carboxylic acids is 1. The van der Waals surface area contributed by atoms with Gasteiger partial charge in [-0.05, 0) is 55.5 Å². The monoisotopic (exact) mass is 408 g/mol. The van der Waals surface area contributed by atoms with Crippen LogP contribution < -0.4 is 14.8 Å². The van der Waals surface area contributed by atoms with Crippen LogP contribution >= 0.6 is 0 Å². The van der Waals surface area contributed by atoms with Gasteiger partial charge in [0.2, 0.25) is 5.91 Å². The molecule has 0 spiro atoms. The molecule has 0 radical (unpaired) electrons. The van der Waals surface area contributed by atoms with Crippen LogP contribution in [-0.2, 0) is 4.79 Å². The summed E-state index contributed by atoms with van der Waals surface area (Å²) in [5.74, 6) is 0.868. The van der Waals surface area contributed by atoms with Crippen LogP contribution in [0.3, 0.4) is 0 Å². The Kier molecular flexibility index (Phi) is 6.00. The maximum absolute atomic E-state index is 12.5. The van der Waals surface area contributed by atoms with Gasteiger partial charge in [-0.1, -0.05) is 12.1 Å². The summed E-state index contributed by atoms with van der Waals surface area (Å²) in [5.41, 5.74) is 2.69. The zero-order valence-corrected chi connectivity index (χ0v) is 16.4. The molecule has 1 aromatic carbocycles. The lowest BCUT2D eigenvalue weighted by Gasteiger charge is -2.15. The van der Waals surface area contributed by atoms with E-state index in [-0.39, 0.29) is 29.5 Å². The number of amides is 1. The molecule has 29 heavy (non-hydrogen) atoms. The van der Waals surface area contributed by atoms with Gasteiger partial charge < -0.3 is 14.8 Å². The average molecular weight is 408 g/mol. The quantitative estimate of drug-likeness (QED) is 0.741. The Morgan fingerprint density at radius 1 is 1.31 bits per heavy atom. The third kappa shape index (κ3) is 5.40. The lowest BCUT2D eigenvalue weighted by atomic mass is 10.1. The highest BCUT2D eigenvalue weighted by atomic mass is 19.4. The predicted molar refractivity (Wildman–Crippen MR) is 101 cm³/mol. The van der Waals surface area contributed by atoms with E-state index in [2.05, 4.69) is 15.0 Å². The third-order valence-electron chi connectivity index (χ3n) is 4.94. The highest BCUT2D eigenvalue weighted by Gasteiger charge is 2.44. The van der Waals surface area contributed by atoms with Crippen LogP contribution in [0.5, 0.6) is 11.5 Å². The fraction of sp³-hybridized carbons (Fsp3) is 0.429. The Balaban J connectivity index is 1.54. The van der Waals surface area contributed by atoms with Crippen molar-refractivity contribution in [3.05, 3.63) is 53.3 Å². The van der Waals surface area contributed by atoms with E-state index in [4.69, 9.17) is 4.74 Å². The van der Waals surface area contributed by atoms with Gasteiger partial charge in [-0.3, -0.25) is 9.78 Å². The van der Waals surface area contributed by atoms with Gasteiger partial charge in [0.25, 0.3) is 0 Å². The topological polar surface area (TPSA) is 60.5 Å². The fourth-order valence-electron chi connectivity index (χ4n) is 3.28. The first-order valence-corrected chi connectivity index (χ1v) is 9.28. The summed E-state index contributed by atoms with van der Waals surface area (Å²) in [4.78, 5) is 16.6. The molecule has 0 aliphatic heterocycles. The second kappa shape index (κ2) is 8.31. The van der Waals surface area contributed by atoms with Crippen molar-refractivity contribution in [2.24, 2.45) is 5.92 Å². The highest BCUT2D eigenvalue weighted by Crippen LogP contribution is 2.48. The van der Waals surface area contributed by atoms with Crippen LogP contribution in [0.15, 0.2) is 36.5 Å². The number of aromatic nitrogens is 1. The van der Waals surface area contributed by atoms with Gasteiger partial charge in [-0.2, -0.15) is 13.2 Å². The molecule has 8 heteroatoms. The van der Waals surface area contributed by atoms with Crippen LogP contribution in [0.1, 0.15) is 42.1 Å². The Hall–Kier alpha value is -2.77. The van der Waals surface area contributed by atoms with Crippen molar-refractivity contribution in [1.82, 2.24) is 10.3 Å². The first kappa shape index (κ1) is 21.0. The summed E-state index contributed by atoms with van der Waals surface area (Å²) >= 11 is 0. The first-order valence-electron chi connectivity index (χ1n) is 9.28. The molecule has 1 N–H and O–H groups in total. The minimum Gasteiger partial charge on any atom is -0.496 e. The van der Waals surface area contributed by atoms with Crippen LogP contribution in [0.2, 0.25) is 0 Å². The lowest BCUT2D eigenvalue weighted by molar-refractivity contribution is -0.153. The molecule has 1 aliphatic carbocycles. The summed E-state index contributed by atoms with van der Waals surface area (Å²) in [6.07, 6.45) is -2.39. The van der Waals surface area contributed by atoms with E-state index >= 15 is 0 Å². The van der Waals surface area contributed by atoms with E-state index in [1.54, 1.807) is 20.1 Å². The summed E-state index contributed by atoms with van der Waals surface area (Å²) in [5, 5.41) is 2.92. The number of halogens is 3. The number of alkyl halides is 3. The second-order valence-corrected chi connectivity index (χ2v) is 7.23. The van der Waals surface area contributed by atoms with Crippen LogP contribution in [0, 0.1) is 12.8 Å². The Labute approximate surface area is 167 Å². The van der Waals surface area contributed by atoms with Gasteiger partial charge in [0.15, 0.2) is 6.61 Å². The SMILES string of the molecule is COc1ccc([C@@H]2C[C@H]2C(=O)NC(C)c2ccc(OCC(F)(F)F)cn2)cc1C. The molecule has 3 rings (SSSR count). The maximum atomic E-state index is 12.5. The lowest BCUT2D eigenvalue weighted by Crippen LogP contribution is -2.29. The number of nitrogens with one attached hydrogen (secondary N) is 1. The van der Waals surface area contributed by atoms with E-state index in [0.717, 1.165) is 23.3 Å². The minimum atomic E-state index is -4.40. The number of benzene rings is 1. The van der Waals surface area contributed by atoms with Gasteiger partial charge in [0.1, 0.15) is 11.5 Å². The number of ether oxygens (including phenoxy) is 2. The standard InChI is InChI=1S/C21H23F3N2O3/c1-12-8-14(4-7-19(12)28-3)16-9-17(16)20(27)26-13(2)18-6-5-15(10-25-18)29-11-21(22,23)24/h4-8,10,13,16-17H,9,11H2,1-3H3,(H,26,27)/t13?,16-,17+/m0/s1. The van der Waals surface area contributed by atoms with Crippen LogP contribution in [0.25, 0.3) is 0 Å².